The number of aliphatic hydroxyl groups is 1. The largest absolute Gasteiger partial charge is 0.377 e. The summed E-state index contributed by atoms with van der Waals surface area (Å²) in [4.78, 5) is 11.9. The Morgan fingerprint density at radius 3 is 2.44 bits per heavy atom. The zero-order valence-corrected chi connectivity index (χ0v) is 9.23. The van der Waals surface area contributed by atoms with Crippen molar-refractivity contribution in [3.8, 4) is 0 Å². The van der Waals surface area contributed by atoms with Gasteiger partial charge in [-0.2, -0.15) is 0 Å². The third-order valence-corrected chi connectivity index (χ3v) is 3.47. The minimum absolute atomic E-state index is 0.0420. The van der Waals surface area contributed by atoms with E-state index in [1.807, 2.05) is 18.2 Å². The van der Waals surface area contributed by atoms with Gasteiger partial charge in [-0.25, -0.2) is 0 Å². The fourth-order valence-corrected chi connectivity index (χ4v) is 2.25. The molecule has 0 spiro atoms. The van der Waals surface area contributed by atoms with E-state index < -0.39 is 5.60 Å². The molecular formula is C14H16O2. The summed E-state index contributed by atoms with van der Waals surface area (Å²) in [6.45, 7) is 3.48. The Morgan fingerprint density at radius 2 is 2.00 bits per heavy atom. The molecule has 0 saturated heterocycles. The van der Waals surface area contributed by atoms with Crippen molar-refractivity contribution < 1.29 is 9.90 Å². The molecule has 16 heavy (non-hydrogen) atoms. The van der Waals surface area contributed by atoms with E-state index in [-0.39, 0.29) is 11.7 Å². The van der Waals surface area contributed by atoms with E-state index in [2.05, 4.69) is 6.58 Å². The van der Waals surface area contributed by atoms with Crippen molar-refractivity contribution in [1.82, 2.24) is 0 Å². The number of carbonyl (C=O) groups is 1. The van der Waals surface area contributed by atoms with Crippen molar-refractivity contribution in [2.45, 2.75) is 24.9 Å². The summed E-state index contributed by atoms with van der Waals surface area (Å²) in [5, 5.41) is 10.7. The average molecular weight is 216 g/mol. The van der Waals surface area contributed by atoms with Crippen LogP contribution < -0.4 is 0 Å². The smallest absolute Gasteiger partial charge is 0.191 e. The lowest BCUT2D eigenvalue weighted by Gasteiger charge is -2.40. The Bertz CT molecular complexity index is 392. The molecule has 1 aliphatic rings. The monoisotopic (exact) mass is 216 g/mol. The second-order valence-electron chi connectivity index (χ2n) is 4.33. The summed E-state index contributed by atoms with van der Waals surface area (Å²) in [5.74, 6) is -0.246. The maximum absolute atomic E-state index is 11.9. The van der Waals surface area contributed by atoms with Gasteiger partial charge in [0, 0.05) is 0 Å². The highest BCUT2D eigenvalue weighted by Gasteiger charge is 2.46. The zero-order valence-electron chi connectivity index (χ0n) is 9.23. The summed E-state index contributed by atoms with van der Waals surface area (Å²) in [7, 11) is 0. The highest BCUT2D eigenvalue weighted by atomic mass is 16.3. The van der Waals surface area contributed by atoms with E-state index in [1.165, 1.54) is 6.08 Å². The normalized spacial score (nSPS) is 19.6. The van der Waals surface area contributed by atoms with E-state index in [0.29, 0.717) is 5.56 Å². The summed E-state index contributed by atoms with van der Waals surface area (Å²) >= 11 is 0. The predicted octanol–water partition coefficient (Wildman–Crippen LogP) is 2.43. The summed E-state index contributed by atoms with van der Waals surface area (Å²) in [6.07, 6.45) is 4.13. The molecule has 1 aromatic carbocycles. The number of rotatable bonds is 4. The van der Waals surface area contributed by atoms with E-state index in [4.69, 9.17) is 0 Å². The summed E-state index contributed by atoms with van der Waals surface area (Å²) in [5.41, 5.74) is -0.675. The molecule has 1 fully saturated rings. The van der Waals surface area contributed by atoms with Gasteiger partial charge >= 0.3 is 0 Å². The first-order valence-electron chi connectivity index (χ1n) is 5.64. The molecule has 0 heterocycles. The minimum Gasteiger partial charge on any atom is -0.377 e. The molecule has 0 aromatic heterocycles. The van der Waals surface area contributed by atoms with Gasteiger partial charge in [-0.15, -0.1) is 0 Å². The van der Waals surface area contributed by atoms with Crippen LogP contribution in [0.15, 0.2) is 43.0 Å². The minimum atomic E-state index is -1.36. The van der Waals surface area contributed by atoms with Gasteiger partial charge in [0.25, 0.3) is 0 Å². The number of hydrogen-bond acceptors (Lipinski definition) is 2. The van der Waals surface area contributed by atoms with Crippen LogP contribution in [0.4, 0.5) is 0 Å². The SMILES string of the molecule is C=CC(=O)C(O)(c1ccccc1)C1CCC1. The standard InChI is InChI=1S/C14H16O2/c1-2-13(15)14(16,12-9-6-10-12)11-7-4-3-5-8-11/h2-5,7-8,12,16H,1,6,9-10H2. The van der Waals surface area contributed by atoms with Crippen LogP contribution in [0.5, 0.6) is 0 Å². The van der Waals surface area contributed by atoms with Crippen LogP contribution in [0, 0.1) is 5.92 Å². The molecule has 1 atom stereocenters. The second kappa shape index (κ2) is 4.22. The molecule has 0 aliphatic heterocycles. The molecule has 84 valence electrons. The first kappa shape index (κ1) is 11.1. The third kappa shape index (κ3) is 1.59. The van der Waals surface area contributed by atoms with Crippen molar-refractivity contribution >= 4 is 5.78 Å². The van der Waals surface area contributed by atoms with Gasteiger partial charge in [0.2, 0.25) is 0 Å². The Balaban J connectivity index is 2.41. The number of ketones is 1. The van der Waals surface area contributed by atoms with Gasteiger partial charge in [-0.1, -0.05) is 43.3 Å². The maximum atomic E-state index is 11.9. The van der Waals surface area contributed by atoms with Gasteiger partial charge in [-0.3, -0.25) is 4.79 Å². The van der Waals surface area contributed by atoms with Crippen LogP contribution in [-0.4, -0.2) is 10.9 Å². The average Bonchev–Trinajstić information content (AvgIpc) is 2.26. The molecule has 0 radical (unpaired) electrons. The lowest BCUT2D eigenvalue weighted by Crippen LogP contribution is -2.45. The third-order valence-electron chi connectivity index (χ3n) is 3.47. The summed E-state index contributed by atoms with van der Waals surface area (Å²) < 4.78 is 0. The molecular weight excluding hydrogens is 200 g/mol. The Kier molecular flexibility index (Phi) is 2.92. The molecule has 1 N–H and O–H groups in total. The highest BCUT2D eigenvalue weighted by Crippen LogP contribution is 2.43. The quantitative estimate of drug-likeness (QED) is 0.785. The lowest BCUT2D eigenvalue weighted by atomic mass is 9.68. The first-order valence-corrected chi connectivity index (χ1v) is 5.64. The van der Waals surface area contributed by atoms with Crippen molar-refractivity contribution in [2.24, 2.45) is 5.92 Å². The van der Waals surface area contributed by atoms with Gasteiger partial charge in [0.1, 0.15) is 0 Å². The number of carbonyl (C=O) groups excluding carboxylic acids is 1. The molecule has 2 heteroatoms. The van der Waals surface area contributed by atoms with Crippen LogP contribution in [0.25, 0.3) is 0 Å². The predicted molar refractivity (Wildman–Crippen MR) is 62.9 cm³/mol. The van der Waals surface area contributed by atoms with Crippen molar-refractivity contribution in [3.05, 3.63) is 48.6 Å². The zero-order chi connectivity index (χ0) is 11.6. The maximum Gasteiger partial charge on any atom is 0.191 e. The highest BCUT2D eigenvalue weighted by molar-refractivity contribution is 5.97. The molecule has 1 saturated carbocycles. The first-order chi connectivity index (χ1) is 7.69. The van der Waals surface area contributed by atoms with Gasteiger partial charge < -0.3 is 5.11 Å². The van der Waals surface area contributed by atoms with Crippen LogP contribution in [0.2, 0.25) is 0 Å². The van der Waals surface area contributed by atoms with Gasteiger partial charge in [0.05, 0.1) is 0 Å². The molecule has 1 unspecified atom stereocenters. The number of hydrogen-bond donors (Lipinski definition) is 1. The lowest BCUT2D eigenvalue weighted by molar-refractivity contribution is -0.144. The van der Waals surface area contributed by atoms with Gasteiger partial charge in [-0.05, 0) is 30.4 Å². The van der Waals surface area contributed by atoms with E-state index >= 15 is 0 Å². The summed E-state index contributed by atoms with van der Waals surface area (Å²) in [6, 6.07) is 9.17. The molecule has 0 amide bonds. The Labute approximate surface area is 95.6 Å². The Hall–Kier alpha value is -1.41. The topological polar surface area (TPSA) is 37.3 Å². The molecule has 0 bridgehead atoms. The fraction of sp³-hybridized carbons (Fsp3) is 0.357. The van der Waals surface area contributed by atoms with Gasteiger partial charge in [0.15, 0.2) is 11.4 Å². The molecule has 1 aromatic rings. The van der Waals surface area contributed by atoms with Crippen LogP contribution >= 0.6 is 0 Å². The van der Waals surface area contributed by atoms with Crippen LogP contribution in [0.3, 0.4) is 0 Å². The van der Waals surface area contributed by atoms with Crippen molar-refractivity contribution in [1.29, 1.82) is 0 Å². The number of benzene rings is 1. The van der Waals surface area contributed by atoms with E-state index in [0.717, 1.165) is 19.3 Å². The van der Waals surface area contributed by atoms with Crippen LogP contribution in [-0.2, 0) is 10.4 Å². The van der Waals surface area contributed by atoms with E-state index in [9.17, 15) is 9.90 Å². The molecule has 2 rings (SSSR count). The van der Waals surface area contributed by atoms with Crippen LogP contribution in [0.1, 0.15) is 24.8 Å². The Morgan fingerprint density at radius 1 is 1.38 bits per heavy atom. The molecule has 1 aliphatic carbocycles. The second-order valence-corrected chi connectivity index (χ2v) is 4.33. The van der Waals surface area contributed by atoms with Crippen molar-refractivity contribution in [3.63, 3.8) is 0 Å². The van der Waals surface area contributed by atoms with E-state index in [1.54, 1.807) is 12.1 Å². The fourth-order valence-electron chi connectivity index (χ4n) is 2.25. The molecule has 2 nitrogen and oxygen atoms in total. The van der Waals surface area contributed by atoms with Crippen molar-refractivity contribution in [2.75, 3.05) is 0 Å².